The average Bonchev–Trinajstić information content (AvgIpc) is 2.84. The van der Waals surface area contributed by atoms with Crippen LogP contribution < -0.4 is 10.6 Å². The topological polar surface area (TPSA) is 24.1 Å². The molecule has 2 N–H and O–H groups in total. The van der Waals surface area contributed by atoms with E-state index in [1.165, 1.54) is 37.9 Å². The SMILES string of the molecule is CC(C)(C)c1cc2ccc3c(Nc4ccccc4)cc(Nc4ccccc4)c4ccc(c1)c2c34. The van der Waals surface area contributed by atoms with Crippen LogP contribution >= 0.6 is 0 Å². The van der Waals surface area contributed by atoms with E-state index in [9.17, 15) is 0 Å². The van der Waals surface area contributed by atoms with Gasteiger partial charge in [0.05, 0.1) is 0 Å². The maximum atomic E-state index is 3.68. The predicted octanol–water partition coefficient (Wildman–Crippen LogP) is 9.37. The van der Waals surface area contributed by atoms with Gasteiger partial charge >= 0.3 is 0 Å². The molecule has 0 unspecified atom stereocenters. The number of hydrogen-bond donors (Lipinski definition) is 2. The van der Waals surface area contributed by atoms with Crippen LogP contribution in [0, 0.1) is 0 Å². The van der Waals surface area contributed by atoms with Crippen LogP contribution in [0.1, 0.15) is 26.3 Å². The molecule has 0 fully saturated rings. The Balaban J connectivity index is 1.65. The van der Waals surface area contributed by atoms with Gasteiger partial charge in [0.2, 0.25) is 0 Å². The normalized spacial score (nSPS) is 12.0. The van der Waals surface area contributed by atoms with Gasteiger partial charge in [-0.2, -0.15) is 0 Å². The standard InChI is InChI=1S/C32H28N2/c1-32(2,3)23-18-21-14-16-26-28(33-24-10-6-4-7-11-24)20-29(34-25-12-8-5-9-13-25)27-17-15-22(19-23)30(21)31(26)27/h4-20,33-34H,1-3H3. The Morgan fingerprint density at radius 3 is 1.41 bits per heavy atom. The smallest absolute Gasteiger partial charge is 0.0485 e. The van der Waals surface area contributed by atoms with Crippen molar-refractivity contribution in [2.24, 2.45) is 0 Å². The number of rotatable bonds is 4. The van der Waals surface area contributed by atoms with Crippen LogP contribution in [-0.4, -0.2) is 0 Å². The summed E-state index contributed by atoms with van der Waals surface area (Å²) in [4.78, 5) is 0. The molecule has 6 aromatic carbocycles. The summed E-state index contributed by atoms with van der Waals surface area (Å²) in [6.07, 6.45) is 0. The van der Waals surface area contributed by atoms with E-state index in [0.717, 1.165) is 22.7 Å². The van der Waals surface area contributed by atoms with Gasteiger partial charge in [-0.1, -0.05) is 93.6 Å². The van der Waals surface area contributed by atoms with Gasteiger partial charge in [-0.05, 0) is 57.5 Å². The van der Waals surface area contributed by atoms with E-state index in [1.54, 1.807) is 0 Å². The quantitative estimate of drug-likeness (QED) is 0.267. The van der Waals surface area contributed by atoms with Crippen molar-refractivity contribution in [3.05, 3.63) is 109 Å². The molecule has 0 saturated carbocycles. The van der Waals surface area contributed by atoms with Gasteiger partial charge in [0.25, 0.3) is 0 Å². The molecule has 0 radical (unpaired) electrons. The van der Waals surface area contributed by atoms with Crippen molar-refractivity contribution < 1.29 is 0 Å². The van der Waals surface area contributed by atoms with Gasteiger partial charge in [-0.3, -0.25) is 0 Å². The third-order valence-corrected chi connectivity index (χ3v) is 6.69. The third-order valence-electron chi connectivity index (χ3n) is 6.69. The van der Waals surface area contributed by atoms with Crippen LogP contribution in [0.5, 0.6) is 0 Å². The lowest BCUT2D eigenvalue weighted by Gasteiger charge is -2.23. The molecule has 0 amide bonds. The van der Waals surface area contributed by atoms with E-state index in [1.807, 2.05) is 12.1 Å². The number of nitrogens with one attached hydrogen (secondary N) is 2. The monoisotopic (exact) mass is 440 g/mol. The Kier molecular flexibility index (Phi) is 4.70. The molecular formula is C32H28N2. The molecule has 2 heteroatoms. The number of benzene rings is 6. The maximum Gasteiger partial charge on any atom is 0.0485 e. The molecule has 166 valence electrons. The number of para-hydroxylation sites is 2. The van der Waals surface area contributed by atoms with E-state index >= 15 is 0 Å². The lowest BCUT2D eigenvalue weighted by atomic mass is 9.83. The highest BCUT2D eigenvalue weighted by molar-refractivity contribution is 6.28. The lowest BCUT2D eigenvalue weighted by molar-refractivity contribution is 0.591. The second-order valence-corrected chi connectivity index (χ2v) is 10.1. The Morgan fingerprint density at radius 2 is 0.971 bits per heavy atom. The highest BCUT2D eigenvalue weighted by Gasteiger charge is 2.19. The second kappa shape index (κ2) is 7.78. The van der Waals surface area contributed by atoms with Crippen molar-refractivity contribution >= 4 is 55.1 Å². The summed E-state index contributed by atoms with van der Waals surface area (Å²) in [6.45, 7) is 6.84. The van der Waals surface area contributed by atoms with Crippen molar-refractivity contribution in [3.8, 4) is 0 Å². The van der Waals surface area contributed by atoms with Gasteiger partial charge in [-0.15, -0.1) is 0 Å². The first-order valence-electron chi connectivity index (χ1n) is 11.9. The molecule has 0 aliphatic carbocycles. The van der Waals surface area contributed by atoms with Crippen molar-refractivity contribution in [2.45, 2.75) is 26.2 Å². The summed E-state index contributed by atoms with van der Waals surface area (Å²) in [5.74, 6) is 0. The molecule has 0 saturated heterocycles. The minimum Gasteiger partial charge on any atom is -0.355 e. The molecule has 2 nitrogen and oxygen atoms in total. The fourth-order valence-electron chi connectivity index (χ4n) is 4.91. The third kappa shape index (κ3) is 3.52. The van der Waals surface area contributed by atoms with Crippen molar-refractivity contribution in [2.75, 3.05) is 10.6 Å². The molecule has 0 bridgehead atoms. The van der Waals surface area contributed by atoms with E-state index < -0.39 is 0 Å². The Hall–Kier alpha value is -4.04. The van der Waals surface area contributed by atoms with Crippen LogP contribution in [0.3, 0.4) is 0 Å². The van der Waals surface area contributed by atoms with Crippen LogP contribution in [0.4, 0.5) is 22.7 Å². The first-order chi connectivity index (χ1) is 16.5. The summed E-state index contributed by atoms with van der Waals surface area (Å²) in [5, 5.41) is 15.0. The first-order valence-corrected chi connectivity index (χ1v) is 11.9. The largest absolute Gasteiger partial charge is 0.355 e. The summed E-state index contributed by atoms with van der Waals surface area (Å²) in [7, 11) is 0. The van der Waals surface area contributed by atoms with Crippen molar-refractivity contribution in [1.29, 1.82) is 0 Å². The van der Waals surface area contributed by atoms with Crippen LogP contribution in [0.25, 0.3) is 32.3 Å². The van der Waals surface area contributed by atoms with E-state index in [-0.39, 0.29) is 5.41 Å². The van der Waals surface area contributed by atoms with Crippen LogP contribution in [0.2, 0.25) is 0 Å². The Morgan fingerprint density at radius 1 is 0.500 bits per heavy atom. The summed E-state index contributed by atoms with van der Waals surface area (Å²) in [6, 6.07) is 36.9. The minimum absolute atomic E-state index is 0.102. The molecule has 0 atom stereocenters. The summed E-state index contributed by atoms with van der Waals surface area (Å²) < 4.78 is 0. The van der Waals surface area contributed by atoms with E-state index in [2.05, 4.69) is 122 Å². The summed E-state index contributed by atoms with van der Waals surface area (Å²) >= 11 is 0. The zero-order chi connectivity index (χ0) is 23.3. The van der Waals surface area contributed by atoms with Gasteiger partial charge in [0, 0.05) is 38.9 Å². The van der Waals surface area contributed by atoms with E-state index in [4.69, 9.17) is 0 Å². The molecule has 0 aromatic heterocycles. The molecule has 0 aliphatic heterocycles. The fourth-order valence-corrected chi connectivity index (χ4v) is 4.91. The molecule has 6 rings (SSSR count). The maximum absolute atomic E-state index is 3.68. The Labute approximate surface area is 200 Å². The van der Waals surface area contributed by atoms with Gasteiger partial charge in [0.1, 0.15) is 0 Å². The van der Waals surface area contributed by atoms with E-state index in [0.29, 0.717) is 0 Å². The second-order valence-electron chi connectivity index (χ2n) is 10.1. The van der Waals surface area contributed by atoms with Crippen molar-refractivity contribution in [3.63, 3.8) is 0 Å². The molecule has 0 spiro atoms. The zero-order valence-corrected chi connectivity index (χ0v) is 19.8. The minimum atomic E-state index is 0.102. The van der Waals surface area contributed by atoms with Crippen molar-refractivity contribution in [1.82, 2.24) is 0 Å². The highest BCUT2D eigenvalue weighted by Crippen LogP contribution is 2.44. The Bertz CT molecular complexity index is 1500. The lowest BCUT2D eigenvalue weighted by Crippen LogP contribution is -2.10. The fraction of sp³-hybridized carbons (Fsp3) is 0.125. The molecular weight excluding hydrogens is 412 g/mol. The van der Waals surface area contributed by atoms with Gasteiger partial charge in [0.15, 0.2) is 0 Å². The average molecular weight is 441 g/mol. The van der Waals surface area contributed by atoms with Crippen LogP contribution in [0.15, 0.2) is 103 Å². The summed E-state index contributed by atoms with van der Waals surface area (Å²) in [5.41, 5.74) is 5.84. The first kappa shape index (κ1) is 20.6. The van der Waals surface area contributed by atoms with Gasteiger partial charge < -0.3 is 10.6 Å². The van der Waals surface area contributed by atoms with Gasteiger partial charge in [-0.25, -0.2) is 0 Å². The highest BCUT2D eigenvalue weighted by atomic mass is 14.9. The number of anilines is 4. The van der Waals surface area contributed by atoms with Crippen LogP contribution in [-0.2, 0) is 5.41 Å². The predicted molar refractivity (Wildman–Crippen MR) is 148 cm³/mol. The molecule has 6 aromatic rings. The number of hydrogen-bond acceptors (Lipinski definition) is 2. The zero-order valence-electron chi connectivity index (χ0n) is 19.8. The molecule has 0 heterocycles. The molecule has 34 heavy (non-hydrogen) atoms. The molecule has 0 aliphatic rings.